The molecule has 3 rings (SSSR count). The molecule has 2 N–H and O–H groups in total. The van der Waals surface area contributed by atoms with E-state index in [2.05, 4.69) is 10.0 Å². The van der Waals surface area contributed by atoms with E-state index in [4.69, 9.17) is 0 Å². The Kier molecular flexibility index (Phi) is 5.28. The van der Waals surface area contributed by atoms with Crippen LogP contribution in [0, 0.1) is 13.8 Å². The van der Waals surface area contributed by atoms with Crippen LogP contribution < -0.4 is 10.0 Å². The second-order valence-corrected chi connectivity index (χ2v) is 7.90. The smallest absolute Gasteiger partial charge is 0.261 e. The highest BCUT2D eigenvalue weighted by molar-refractivity contribution is 7.92. The first kappa shape index (κ1) is 18.7. The van der Waals surface area contributed by atoms with Crippen molar-refractivity contribution in [3.8, 4) is 0 Å². The normalized spacial score (nSPS) is 11.0. The average molecular weight is 380 g/mol. The Morgan fingerprint density at radius 3 is 2.11 bits per heavy atom. The van der Waals surface area contributed by atoms with E-state index in [1.807, 2.05) is 32.0 Å². The molecule has 0 fully saturated rings. The first-order valence-electron chi connectivity index (χ1n) is 8.42. The first-order valence-corrected chi connectivity index (χ1v) is 9.90. The van der Waals surface area contributed by atoms with Crippen LogP contribution in [0.1, 0.15) is 21.5 Å². The first-order chi connectivity index (χ1) is 12.9. The molecule has 138 valence electrons. The molecule has 27 heavy (non-hydrogen) atoms. The van der Waals surface area contributed by atoms with E-state index in [1.54, 1.807) is 42.5 Å². The number of carbonyl (C=O) groups is 1. The highest BCUT2D eigenvalue weighted by atomic mass is 32.2. The van der Waals surface area contributed by atoms with E-state index in [0.29, 0.717) is 5.69 Å². The van der Waals surface area contributed by atoms with Crippen LogP contribution in [0.5, 0.6) is 0 Å². The highest BCUT2D eigenvalue weighted by Crippen LogP contribution is 2.21. The summed E-state index contributed by atoms with van der Waals surface area (Å²) in [5.74, 6) is -0.357. The Bertz CT molecular complexity index is 1060. The third-order valence-electron chi connectivity index (χ3n) is 4.15. The van der Waals surface area contributed by atoms with Crippen LogP contribution in [0.2, 0.25) is 0 Å². The van der Waals surface area contributed by atoms with Gasteiger partial charge in [-0.1, -0.05) is 42.5 Å². The monoisotopic (exact) mass is 380 g/mol. The van der Waals surface area contributed by atoms with Gasteiger partial charge in [0, 0.05) is 16.9 Å². The van der Waals surface area contributed by atoms with Gasteiger partial charge in [-0.15, -0.1) is 0 Å². The van der Waals surface area contributed by atoms with Gasteiger partial charge in [0.1, 0.15) is 0 Å². The number of carbonyl (C=O) groups excluding carboxylic acids is 1. The molecule has 6 heteroatoms. The molecule has 0 bridgehead atoms. The lowest BCUT2D eigenvalue weighted by Gasteiger charge is -2.12. The Balaban J connectivity index is 1.86. The number of para-hydroxylation sites is 2. The molecule has 5 nitrogen and oxygen atoms in total. The number of amides is 1. The van der Waals surface area contributed by atoms with Gasteiger partial charge in [0.25, 0.3) is 15.9 Å². The lowest BCUT2D eigenvalue weighted by atomic mass is 10.1. The number of hydrogen-bond acceptors (Lipinski definition) is 3. The minimum Gasteiger partial charge on any atom is -0.322 e. The lowest BCUT2D eigenvalue weighted by Crippen LogP contribution is -2.16. The molecule has 3 aromatic carbocycles. The molecule has 0 atom stereocenters. The van der Waals surface area contributed by atoms with Gasteiger partial charge in [0.15, 0.2) is 0 Å². The van der Waals surface area contributed by atoms with Crippen molar-refractivity contribution >= 4 is 27.3 Å². The summed E-state index contributed by atoms with van der Waals surface area (Å²) in [5.41, 5.74) is 3.35. The third-order valence-corrected chi connectivity index (χ3v) is 5.53. The fraction of sp³-hybridized carbons (Fsp3) is 0.0952. The van der Waals surface area contributed by atoms with E-state index < -0.39 is 10.0 Å². The SMILES string of the molecule is Cc1cccc(C)c1NC(=O)c1cccc(S(=O)(=O)Nc2ccccc2)c1. The van der Waals surface area contributed by atoms with E-state index in [1.165, 1.54) is 12.1 Å². The van der Waals surface area contributed by atoms with Crippen LogP contribution in [0.15, 0.2) is 77.7 Å². The third kappa shape index (κ3) is 4.35. The van der Waals surface area contributed by atoms with E-state index >= 15 is 0 Å². The molecule has 0 aliphatic rings. The van der Waals surface area contributed by atoms with Gasteiger partial charge < -0.3 is 5.32 Å². The number of nitrogens with one attached hydrogen (secondary N) is 2. The summed E-state index contributed by atoms with van der Waals surface area (Å²) in [6.45, 7) is 3.82. The maximum absolute atomic E-state index is 12.6. The molecule has 0 aliphatic heterocycles. The second kappa shape index (κ2) is 7.63. The van der Waals surface area contributed by atoms with Gasteiger partial charge in [-0.25, -0.2) is 8.42 Å². The van der Waals surface area contributed by atoms with Crippen LogP contribution in [0.3, 0.4) is 0 Å². The van der Waals surface area contributed by atoms with Crippen molar-refractivity contribution < 1.29 is 13.2 Å². The maximum atomic E-state index is 12.6. The summed E-state index contributed by atoms with van der Waals surface area (Å²) in [6.07, 6.45) is 0. The van der Waals surface area contributed by atoms with Gasteiger partial charge in [-0.3, -0.25) is 9.52 Å². The molecule has 0 saturated heterocycles. The number of benzene rings is 3. The number of rotatable bonds is 5. The summed E-state index contributed by atoms with van der Waals surface area (Å²) < 4.78 is 27.7. The van der Waals surface area contributed by atoms with Crippen molar-refractivity contribution in [3.63, 3.8) is 0 Å². The fourth-order valence-corrected chi connectivity index (χ4v) is 3.83. The molecule has 0 aromatic heterocycles. The molecule has 0 unspecified atom stereocenters. The van der Waals surface area contributed by atoms with Crippen LogP contribution in [0.25, 0.3) is 0 Å². The maximum Gasteiger partial charge on any atom is 0.261 e. The van der Waals surface area contributed by atoms with Crippen molar-refractivity contribution in [1.82, 2.24) is 0 Å². The summed E-state index contributed by atoms with van der Waals surface area (Å²) in [5, 5.41) is 2.87. The average Bonchev–Trinajstić information content (AvgIpc) is 2.65. The number of aryl methyl sites for hydroxylation is 2. The van der Waals surface area contributed by atoms with Crippen molar-refractivity contribution in [2.45, 2.75) is 18.7 Å². The van der Waals surface area contributed by atoms with Crippen LogP contribution >= 0.6 is 0 Å². The second-order valence-electron chi connectivity index (χ2n) is 6.22. The summed E-state index contributed by atoms with van der Waals surface area (Å²) >= 11 is 0. The van der Waals surface area contributed by atoms with Crippen molar-refractivity contribution in [2.24, 2.45) is 0 Å². The standard InChI is InChI=1S/C21H20N2O3S/c1-15-8-6-9-16(2)20(15)22-21(24)17-10-7-13-19(14-17)27(25,26)23-18-11-4-3-5-12-18/h3-14,23H,1-2H3,(H,22,24). The van der Waals surface area contributed by atoms with Crippen molar-refractivity contribution in [2.75, 3.05) is 10.0 Å². The van der Waals surface area contributed by atoms with Crippen molar-refractivity contribution in [3.05, 3.63) is 89.5 Å². The van der Waals surface area contributed by atoms with Gasteiger partial charge in [0.2, 0.25) is 0 Å². The molecule has 1 amide bonds. The summed E-state index contributed by atoms with van der Waals surface area (Å²) in [7, 11) is -3.79. The van der Waals surface area contributed by atoms with E-state index in [9.17, 15) is 13.2 Å². The molecular weight excluding hydrogens is 360 g/mol. The van der Waals surface area contributed by atoms with Crippen molar-refractivity contribution in [1.29, 1.82) is 0 Å². The van der Waals surface area contributed by atoms with Gasteiger partial charge in [0.05, 0.1) is 4.90 Å². The Hall–Kier alpha value is -3.12. The topological polar surface area (TPSA) is 75.3 Å². The van der Waals surface area contributed by atoms with Crippen LogP contribution in [-0.4, -0.2) is 14.3 Å². The predicted molar refractivity (Wildman–Crippen MR) is 108 cm³/mol. The zero-order chi connectivity index (χ0) is 19.4. The Labute approximate surface area is 159 Å². The molecule has 0 aliphatic carbocycles. The summed E-state index contributed by atoms with van der Waals surface area (Å²) in [4.78, 5) is 12.7. The Morgan fingerprint density at radius 2 is 1.44 bits per heavy atom. The number of hydrogen-bond donors (Lipinski definition) is 2. The van der Waals surface area contributed by atoms with Crippen LogP contribution in [-0.2, 0) is 10.0 Å². The minimum absolute atomic E-state index is 0.0282. The quantitative estimate of drug-likeness (QED) is 0.691. The van der Waals surface area contributed by atoms with E-state index in [0.717, 1.165) is 16.8 Å². The molecule has 0 heterocycles. The fourth-order valence-electron chi connectivity index (χ4n) is 2.72. The minimum atomic E-state index is -3.79. The zero-order valence-electron chi connectivity index (χ0n) is 15.1. The predicted octanol–water partition coefficient (Wildman–Crippen LogP) is 4.36. The molecule has 0 spiro atoms. The number of anilines is 2. The van der Waals surface area contributed by atoms with Crippen LogP contribution in [0.4, 0.5) is 11.4 Å². The molecular formula is C21H20N2O3S. The number of sulfonamides is 1. The molecule has 3 aromatic rings. The van der Waals surface area contributed by atoms with Gasteiger partial charge >= 0.3 is 0 Å². The lowest BCUT2D eigenvalue weighted by molar-refractivity contribution is 0.102. The van der Waals surface area contributed by atoms with Gasteiger partial charge in [-0.05, 0) is 55.3 Å². The van der Waals surface area contributed by atoms with E-state index in [-0.39, 0.29) is 16.4 Å². The largest absolute Gasteiger partial charge is 0.322 e. The molecule has 0 radical (unpaired) electrons. The molecule has 0 saturated carbocycles. The zero-order valence-corrected chi connectivity index (χ0v) is 15.9. The van der Waals surface area contributed by atoms with Gasteiger partial charge in [-0.2, -0.15) is 0 Å². The Morgan fingerprint density at radius 1 is 0.815 bits per heavy atom. The summed E-state index contributed by atoms with van der Waals surface area (Å²) in [6, 6.07) is 20.3. The highest BCUT2D eigenvalue weighted by Gasteiger charge is 2.17.